The zero-order chi connectivity index (χ0) is 21.3. The topological polar surface area (TPSA) is 125 Å². The summed E-state index contributed by atoms with van der Waals surface area (Å²) in [5, 5.41) is 2.78. The zero-order valence-corrected chi connectivity index (χ0v) is 16.9. The summed E-state index contributed by atoms with van der Waals surface area (Å²) in [6.07, 6.45) is 0.813. The molecule has 0 atom stereocenters. The number of rotatable bonds is 5. The van der Waals surface area contributed by atoms with Crippen molar-refractivity contribution in [2.45, 2.75) is 26.8 Å². The van der Waals surface area contributed by atoms with Crippen LogP contribution in [-0.4, -0.2) is 25.4 Å². The van der Waals surface area contributed by atoms with Crippen LogP contribution in [0.2, 0.25) is 0 Å². The molecule has 0 bridgehead atoms. The van der Waals surface area contributed by atoms with E-state index in [-0.39, 0.29) is 5.91 Å². The molecule has 3 aromatic heterocycles. The molecule has 1 aromatic carbocycles. The number of aromatic nitrogens is 4. The number of hydrogen-bond acceptors (Lipinski definition) is 6. The molecule has 4 rings (SSSR count). The quantitative estimate of drug-likeness (QED) is 0.472. The van der Waals surface area contributed by atoms with Gasteiger partial charge in [0.15, 0.2) is 5.65 Å². The van der Waals surface area contributed by atoms with Gasteiger partial charge >= 0.3 is 0 Å². The number of pyridine rings is 2. The van der Waals surface area contributed by atoms with Crippen molar-refractivity contribution in [3.05, 3.63) is 59.9 Å². The van der Waals surface area contributed by atoms with E-state index in [9.17, 15) is 4.79 Å². The molecule has 0 spiro atoms. The Labute approximate surface area is 174 Å². The van der Waals surface area contributed by atoms with Crippen LogP contribution in [0, 0.1) is 6.92 Å². The van der Waals surface area contributed by atoms with Crippen molar-refractivity contribution in [2.24, 2.45) is 0 Å². The first-order valence-corrected chi connectivity index (χ1v) is 9.63. The normalized spacial score (nSPS) is 11.0. The van der Waals surface area contributed by atoms with Crippen LogP contribution in [0.25, 0.3) is 22.4 Å². The molecular formula is C22H23N7O. The van der Waals surface area contributed by atoms with Gasteiger partial charge in [-0.3, -0.25) is 4.79 Å². The van der Waals surface area contributed by atoms with Crippen LogP contribution in [0.5, 0.6) is 0 Å². The number of nitrogens with zero attached hydrogens (tertiary/aromatic N) is 4. The van der Waals surface area contributed by atoms with E-state index >= 15 is 0 Å². The lowest BCUT2D eigenvalue weighted by Gasteiger charge is -2.09. The van der Waals surface area contributed by atoms with Crippen molar-refractivity contribution in [1.82, 2.24) is 19.5 Å². The van der Waals surface area contributed by atoms with Crippen molar-refractivity contribution in [3.63, 3.8) is 0 Å². The third-order valence-electron chi connectivity index (χ3n) is 4.84. The average molecular weight is 401 g/mol. The van der Waals surface area contributed by atoms with Crippen LogP contribution in [0.1, 0.15) is 18.3 Å². The van der Waals surface area contributed by atoms with Crippen LogP contribution < -0.4 is 16.8 Å². The molecule has 0 saturated carbocycles. The Balaban J connectivity index is 1.60. The van der Waals surface area contributed by atoms with Crippen LogP contribution in [0.4, 0.5) is 17.3 Å². The van der Waals surface area contributed by atoms with Crippen LogP contribution in [0.3, 0.4) is 0 Å². The minimum Gasteiger partial charge on any atom is -0.384 e. The van der Waals surface area contributed by atoms with Crippen LogP contribution in [-0.2, 0) is 17.8 Å². The number of nitrogen functional groups attached to an aromatic ring is 2. The van der Waals surface area contributed by atoms with Gasteiger partial charge in [-0.15, -0.1) is 0 Å². The van der Waals surface area contributed by atoms with Crippen molar-refractivity contribution in [1.29, 1.82) is 0 Å². The summed E-state index contributed by atoms with van der Waals surface area (Å²) >= 11 is 0. The molecule has 5 N–H and O–H groups in total. The van der Waals surface area contributed by atoms with Gasteiger partial charge in [0.25, 0.3) is 0 Å². The van der Waals surface area contributed by atoms with Gasteiger partial charge in [0, 0.05) is 24.7 Å². The minimum atomic E-state index is -0.0807. The molecule has 0 fully saturated rings. The largest absolute Gasteiger partial charge is 0.384 e. The van der Waals surface area contributed by atoms with Gasteiger partial charge in [0.05, 0.1) is 5.69 Å². The Hall–Kier alpha value is -3.94. The first kappa shape index (κ1) is 19.4. The number of carbonyl (C=O) groups is 1. The highest BCUT2D eigenvalue weighted by molar-refractivity contribution is 5.88. The minimum absolute atomic E-state index is 0.0807. The monoisotopic (exact) mass is 401 g/mol. The van der Waals surface area contributed by atoms with E-state index in [0.717, 1.165) is 52.5 Å². The van der Waals surface area contributed by atoms with Crippen molar-refractivity contribution in [3.8, 4) is 11.3 Å². The van der Waals surface area contributed by atoms with Gasteiger partial charge in [0.1, 0.15) is 23.0 Å². The van der Waals surface area contributed by atoms with Crippen molar-refractivity contribution in [2.75, 3.05) is 16.8 Å². The number of benzene rings is 1. The summed E-state index contributed by atoms with van der Waals surface area (Å²) < 4.78 is 2.11. The second-order valence-electron chi connectivity index (χ2n) is 7.18. The summed E-state index contributed by atoms with van der Waals surface area (Å²) in [5.41, 5.74) is 16.9. The predicted molar refractivity (Wildman–Crippen MR) is 119 cm³/mol. The molecule has 8 heteroatoms. The fourth-order valence-electron chi connectivity index (χ4n) is 3.46. The number of imidazole rings is 1. The van der Waals surface area contributed by atoms with E-state index in [0.29, 0.717) is 11.6 Å². The van der Waals surface area contributed by atoms with E-state index < -0.39 is 0 Å². The Morgan fingerprint density at radius 3 is 2.37 bits per heavy atom. The third-order valence-corrected chi connectivity index (χ3v) is 4.84. The summed E-state index contributed by atoms with van der Waals surface area (Å²) in [7, 11) is 0. The van der Waals surface area contributed by atoms with Crippen molar-refractivity contribution < 1.29 is 4.79 Å². The molecule has 3 heterocycles. The Morgan fingerprint density at radius 1 is 1.00 bits per heavy atom. The maximum Gasteiger partial charge on any atom is 0.221 e. The molecule has 0 saturated heterocycles. The lowest BCUT2D eigenvalue weighted by Crippen LogP contribution is -2.06. The van der Waals surface area contributed by atoms with E-state index in [4.69, 9.17) is 16.5 Å². The molecule has 0 aliphatic carbocycles. The SMILES string of the molecule is CC(=O)Nc1ccc(CCn2c(C)nc3ccc(-c4cc(N)nc(N)c4)nc32)cc1. The van der Waals surface area contributed by atoms with Gasteiger partial charge in [-0.1, -0.05) is 12.1 Å². The highest BCUT2D eigenvalue weighted by atomic mass is 16.1. The third kappa shape index (κ3) is 4.07. The zero-order valence-electron chi connectivity index (χ0n) is 16.9. The maximum absolute atomic E-state index is 11.2. The number of anilines is 3. The summed E-state index contributed by atoms with van der Waals surface area (Å²) in [5.74, 6) is 1.54. The van der Waals surface area contributed by atoms with Gasteiger partial charge in [-0.05, 0) is 55.3 Å². The average Bonchev–Trinajstić information content (AvgIpc) is 3.00. The fraction of sp³-hybridized carbons (Fsp3) is 0.182. The first-order valence-electron chi connectivity index (χ1n) is 9.63. The standard InChI is InChI=1S/C22H23N7O/c1-13-25-19-8-7-18(16-11-20(23)28-21(24)12-16)27-22(19)29(13)10-9-15-3-5-17(6-4-15)26-14(2)30/h3-8,11-12H,9-10H2,1-2H3,(H,26,30)(H4,23,24,28). The fourth-order valence-corrected chi connectivity index (χ4v) is 3.46. The molecule has 152 valence electrons. The number of hydrogen-bond donors (Lipinski definition) is 3. The molecule has 0 radical (unpaired) electrons. The summed E-state index contributed by atoms with van der Waals surface area (Å²) in [6, 6.07) is 15.2. The highest BCUT2D eigenvalue weighted by Crippen LogP contribution is 2.24. The second-order valence-corrected chi connectivity index (χ2v) is 7.18. The Bertz CT molecular complexity index is 1210. The predicted octanol–water partition coefficient (Wildman–Crippen LogP) is 3.17. The number of nitrogens with two attached hydrogens (primary N) is 2. The highest BCUT2D eigenvalue weighted by Gasteiger charge is 2.12. The number of fused-ring (bicyclic) bond motifs is 1. The van der Waals surface area contributed by atoms with E-state index in [1.807, 2.05) is 43.3 Å². The molecule has 4 aromatic rings. The molecule has 8 nitrogen and oxygen atoms in total. The lowest BCUT2D eigenvalue weighted by atomic mass is 10.1. The lowest BCUT2D eigenvalue weighted by molar-refractivity contribution is -0.114. The smallest absolute Gasteiger partial charge is 0.221 e. The molecule has 1 amide bonds. The Morgan fingerprint density at radius 2 is 1.70 bits per heavy atom. The van der Waals surface area contributed by atoms with E-state index in [2.05, 4.69) is 19.9 Å². The molecule has 0 aliphatic heterocycles. The first-order chi connectivity index (χ1) is 14.4. The summed E-state index contributed by atoms with van der Waals surface area (Å²) in [4.78, 5) is 24.6. The van der Waals surface area contributed by atoms with Gasteiger partial charge < -0.3 is 21.4 Å². The Kier molecular flexibility index (Phi) is 5.05. The van der Waals surface area contributed by atoms with E-state index in [1.165, 1.54) is 6.92 Å². The number of nitrogens with one attached hydrogen (secondary N) is 1. The maximum atomic E-state index is 11.2. The van der Waals surface area contributed by atoms with E-state index in [1.54, 1.807) is 12.1 Å². The van der Waals surface area contributed by atoms with Gasteiger partial charge in [-0.25, -0.2) is 15.0 Å². The number of aryl methyl sites for hydroxylation is 3. The van der Waals surface area contributed by atoms with Gasteiger partial charge in [-0.2, -0.15) is 0 Å². The van der Waals surface area contributed by atoms with Crippen LogP contribution >= 0.6 is 0 Å². The molecule has 0 unspecified atom stereocenters. The number of carbonyl (C=O) groups excluding carboxylic acids is 1. The molecule has 0 aliphatic rings. The molecule has 30 heavy (non-hydrogen) atoms. The van der Waals surface area contributed by atoms with Crippen LogP contribution in [0.15, 0.2) is 48.5 Å². The van der Waals surface area contributed by atoms with Gasteiger partial charge in [0.2, 0.25) is 5.91 Å². The van der Waals surface area contributed by atoms with Crippen molar-refractivity contribution >= 4 is 34.4 Å². The molecular weight excluding hydrogens is 378 g/mol. The second kappa shape index (κ2) is 7.82. The number of amides is 1. The summed E-state index contributed by atoms with van der Waals surface area (Å²) in [6.45, 7) is 4.21.